The molecule has 2 heterocycles. The van der Waals surface area contributed by atoms with Gasteiger partial charge in [0.25, 0.3) is 5.91 Å². The van der Waals surface area contributed by atoms with Crippen molar-refractivity contribution in [1.29, 1.82) is 0 Å². The summed E-state index contributed by atoms with van der Waals surface area (Å²) in [6.45, 7) is 4.86. The number of nitrogens with zero attached hydrogens (tertiary/aromatic N) is 2. The molecule has 5 heteroatoms. The maximum atomic E-state index is 12.9. The smallest absolute Gasteiger partial charge is 0.253 e. The molecule has 1 amide bonds. The molecule has 1 aromatic heterocycles. The van der Waals surface area contributed by atoms with E-state index < -0.39 is 0 Å². The lowest BCUT2D eigenvalue weighted by atomic mass is 10.0. The fourth-order valence-electron chi connectivity index (χ4n) is 3.43. The summed E-state index contributed by atoms with van der Waals surface area (Å²) in [4.78, 5) is 19.4. The molecule has 4 nitrogen and oxygen atoms in total. The Morgan fingerprint density at radius 3 is 2.76 bits per heavy atom. The third kappa shape index (κ3) is 4.10. The minimum Gasteiger partial charge on any atom is -0.339 e. The second kappa shape index (κ2) is 7.26. The van der Waals surface area contributed by atoms with Crippen LogP contribution in [0.15, 0.2) is 29.6 Å². The highest BCUT2D eigenvalue weighted by Crippen LogP contribution is 2.28. The van der Waals surface area contributed by atoms with E-state index >= 15 is 0 Å². The number of thiazole rings is 1. The molecule has 1 saturated heterocycles. The van der Waals surface area contributed by atoms with Crippen LogP contribution in [0, 0.1) is 12.8 Å². The van der Waals surface area contributed by atoms with Gasteiger partial charge in [-0.3, -0.25) is 4.79 Å². The van der Waals surface area contributed by atoms with Crippen molar-refractivity contribution in [3.05, 3.63) is 40.2 Å². The number of carbonyl (C=O) groups excluding carboxylic acids is 1. The van der Waals surface area contributed by atoms with Crippen LogP contribution in [0.25, 0.3) is 11.3 Å². The number of piperidine rings is 1. The van der Waals surface area contributed by atoms with Crippen molar-refractivity contribution in [3.63, 3.8) is 0 Å². The van der Waals surface area contributed by atoms with Crippen molar-refractivity contribution in [3.8, 4) is 11.3 Å². The average molecular weight is 356 g/mol. The lowest BCUT2D eigenvalue weighted by Gasteiger charge is -2.32. The van der Waals surface area contributed by atoms with Gasteiger partial charge < -0.3 is 10.2 Å². The van der Waals surface area contributed by atoms with E-state index in [1.807, 2.05) is 36.1 Å². The van der Waals surface area contributed by atoms with Crippen molar-refractivity contribution in [1.82, 2.24) is 15.2 Å². The number of benzene rings is 1. The van der Waals surface area contributed by atoms with Crippen LogP contribution in [0.3, 0.4) is 0 Å². The van der Waals surface area contributed by atoms with Gasteiger partial charge in [0.1, 0.15) is 0 Å². The van der Waals surface area contributed by atoms with Crippen molar-refractivity contribution in [2.24, 2.45) is 5.92 Å². The molecule has 4 rings (SSSR count). The third-order valence-corrected chi connectivity index (χ3v) is 5.97. The first-order valence-corrected chi connectivity index (χ1v) is 10.1. The first-order chi connectivity index (χ1) is 12.2. The van der Waals surface area contributed by atoms with Crippen LogP contribution in [0.1, 0.15) is 41.0 Å². The van der Waals surface area contributed by atoms with Crippen molar-refractivity contribution < 1.29 is 4.79 Å². The summed E-state index contributed by atoms with van der Waals surface area (Å²) in [7, 11) is 0. The van der Waals surface area contributed by atoms with Crippen LogP contribution in [0.2, 0.25) is 0 Å². The van der Waals surface area contributed by atoms with Crippen molar-refractivity contribution in [2.45, 2.75) is 38.6 Å². The second-order valence-corrected chi connectivity index (χ2v) is 8.31. The number of hydrogen-bond acceptors (Lipinski definition) is 4. The Morgan fingerprint density at radius 1 is 1.28 bits per heavy atom. The van der Waals surface area contributed by atoms with Gasteiger partial charge in [0.2, 0.25) is 0 Å². The van der Waals surface area contributed by atoms with E-state index in [1.165, 1.54) is 12.8 Å². The molecular formula is C20H25N3OS. The van der Waals surface area contributed by atoms with E-state index in [9.17, 15) is 4.79 Å². The number of aromatic nitrogens is 1. The van der Waals surface area contributed by atoms with Gasteiger partial charge in [0.05, 0.1) is 10.7 Å². The summed E-state index contributed by atoms with van der Waals surface area (Å²) >= 11 is 1.64. The average Bonchev–Trinajstić information content (AvgIpc) is 3.39. The molecule has 0 spiro atoms. The van der Waals surface area contributed by atoms with Crippen molar-refractivity contribution in [2.75, 3.05) is 19.6 Å². The monoisotopic (exact) mass is 355 g/mol. The van der Waals surface area contributed by atoms with Crippen LogP contribution in [0.4, 0.5) is 0 Å². The van der Waals surface area contributed by atoms with Crippen LogP contribution in [-0.2, 0) is 0 Å². The van der Waals surface area contributed by atoms with E-state index in [0.29, 0.717) is 6.04 Å². The number of aryl methyl sites for hydroxylation is 1. The molecule has 0 radical (unpaired) electrons. The van der Waals surface area contributed by atoms with Gasteiger partial charge in [-0.25, -0.2) is 4.98 Å². The van der Waals surface area contributed by atoms with E-state index in [0.717, 1.165) is 60.2 Å². The molecule has 0 bridgehead atoms. The predicted molar refractivity (Wildman–Crippen MR) is 102 cm³/mol. The Labute approximate surface area is 153 Å². The normalized spacial score (nSPS) is 18.5. The predicted octanol–water partition coefficient (Wildman–Crippen LogP) is 3.72. The Hall–Kier alpha value is -1.72. The quantitative estimate of drug-likeness (QED) is 0.889. The highest BCUT2D eigenvalue weighted by atomic mass is 32.1. The Morgan fingerprint density at radius 2 is 2.08 bits per heavy atom. The van der Waals surface area contributed by atoms with Crippen LogP contribution in [-0.4, -0.2) is 41.5 Å². The first kappa shape index (κ1) is 16.7. The van der Waals surface area contributed by atoms with Gasteiger partial charge in [-0.2, -0.15) is 0 Å². The molecule has 1 saturated carbocycles. The van der Waals surface area contributed by atoms with Gasteiger partial charge in [-0.1, -0.05) is 12.1 Å². The van der Waals surface area contributed by atoms with Gasteiger partial charge in [0, 0.05) is 35.6 Å². The largest absolute Gasteiger partial charge is 0.339 e. The fourth-order valence-corrected chi connectivity index (χ4v) is 4.05. The SMILES string of the molecule is Cc1nc(-c2cccc(C(=O)N3CCC(NCC4CC4)CC3)c2)cs1. The summed E-state index contributed by atoms with van der Waals surface area (Å²) in [5, 5.41) is 6.77. The maximum absolute atomic E-state index is 12.9. The highest BCUT2D eigenvalue weighted by Gasteiger charge is 2.26. The van der Waals surface area contributed by atoms with Crippen molar-refractivity contribution >= 4 is 17.2 Å². The zero-order valence-corrected chi connectivity index (χ0v) is 15.5. The Bertz CT molecular complexity index is 745. The van der Waals surface area contributed by atoms with Gasteiger partial charge in [0.15, 0.2) is 0 Å². The number of nitrogens with one attached hydrogen (secondary N) is 1. The molecule has 0 atom stereocenters. The van der Waals surface area contributed by atoms with E-state index in [1.54, 1.807) is 11.3 Å². The second-order valence-electron chi connectivity index (χ2n) is 7.25. The standard InChI is InChI=1S/C20H25N3OS/c1-14-22-19(13-25-14)16-3-2-4-17(11-16)20(24)23-9-7-18(8-10-23)21-12-15-5-6-15/h2-4,11,13,15,18,21H,5-10,12H2,1H3. The number of likely N-dealkylation sites (tertiary alicyclic amines) is 1. The highest BCUT2D eigenvalue weighted by molar-refractivity contribution is 7.09. The molecule has 2 aromatic rings. The number of carbonyl (C=O) groups is 1. The summed E-state index contributed by atoms with van der Waals surface area (Å²) in [5.74, 6) is 1.06. The lowest BCUT2D eigenvalue weighted by Crippen LogP contribution is -2.45. The number of hydrogen-bond donors (Lipinski definition) is 1. The Kier molecular flexibility index (Phi) is 4.86. The molecule has 0 unspecified atom stereocenters. The topological polar surface area (TPSA) is 45.2 Å². The zero-order valence-electron chi connectivity index (χ0n) is 14.7. The number of amides is 1. The van der Waals surface area contributed by atoms with Gasteiger partial charge >= 0.3 is 0 Å². The molecule has 1 aliphatic heterocycles. The molecule has 132 valence electrons. The molecule has 1 N–H and O–H groups in total. The Balaban J connectivity index is 1.37. The lowest BCUT2D eigenvalue weighted by molar-refractivity contribution is 0.0705. The summed E-state index contributed by atoms with van der Waals surface area (Å²) in [6, 6.07) is 8.46. The molecule has 25 heavy (non-hydrogen) atoms. The third-order valence-electron chi connectivity index (χ3n) is 5.20. The molecule has 1 aliphatic carbocycles. The van der Waals surface area contributed by atoms with Crippen LogP contribution in [0.5, 0.6) is 0 Å². The number of rotatable bonds is 5. The molecule has 2 fully saturated rings. The van der Waals surface area contributed by atoms with E-state index in [4.69, 9.17) is 0 Å². The van der Waals surface area contributed by atoms with Gasteiger partial charge in [-0.15, -0.1) is 11.3 Å². The maximum Gasteiger partial charge on any atom is 0.253 e. The molecular weight excluding hydrogens is 330 g/mol. The molecule has 2 aliphatic rings. The zero-order chi connectivity index (χ0) is 17.2. The van der Waals surface area contributed by atoms with Gasteiger partial charge in [-0.05, 0) is 57.2 Å². The van der Waals surface area contributed by atoms with E-state index in [-0.39, 0.29) is 5.91 Å². The minimum atomic E-state index is 0.148. The van der Waals surface area contributed by atoms with E-state index in [2.05, 4.69) is 15.7 Å². The van der Waals surface area contributed by atoms with Crippen LogP contribution < -0.4 is 5.32 Å². The van der Waals surface area contributed by atoms with Crippen LogP contribution >= 0.6 is 11.3 Å². The fraction of sp³-hybridized carbons (Fsp3) is 0.500. The minimum absolute atomic E-state index is 0.148. The summed E-state index contributed by atoms with van der Waals surface area (Å²) in [5.41, 5.74) is 2.75. The summed E-state index contributed by atoms with van der Waals surface area (Å²) in [6.07, 6.45) is 4.89. The summed E-state index contributed by atoms with van der Waals surface area (Å²) < 4.78 is 0. The first-order valence-electron chi connectivity index (χ1n) is 9.24. The molecule has 1 aromatic carbocycles.